The number of carbonyl (C=O) groups is 2. The van der Waals surface area contributed by atoms with E-state index in [2.05, 4.69) is 9.97 Å². The number of hydrogen-bond acceptors (Lipinski definition) is 5. The lowest BCUT2D eigenvalue weighted by Gasteiger charge is -2.27. The van der Waals surface area contributed by atoms with Crippen molar-refractivity contribution in [2.24, 2.45) is 0 Å². The predicted molar refractivity (Wildman–Crippen MR) is 112 cm³/mol. The van der Waals surface area contributed by atoms with Crippen molar-refractivity contribution in [2.45, 2.75) is 45.1 Å². The van der Waals surface area contributed by atoms with Crippen LogP contribution in [0.5, 0.6) is 5.75 Å². The van der Waals surface area contributed by atoms with Crippen molar-refractivity contribution in [1.82, 2.24) is 19.8 Å². The van der Waals surface area contributed by atoms with E-state index in [0.29, 0.717) is 29.4 Å². The summed E-state index contributed by atoms with van der Waals surface area (Å²) in [6, 6.07) is 5.34. The van der Waals surface area contributed by atoms with Crippen LogP contribution >= 0.6 is 0 Å². The number of likely N-dealkylation sites (tertiary alicyclic amines) is 2. The van der Waals surface area contributed by atoms with Crippen LogP contribution in [0.25, 0.3) is 0 Å². The molecule has 0 unspecified atom stereocenters. The van der Waals surface area contributed by atoms with E-state index in [-0.39, 0.29) is 30.3 Å². The largest absolute Gasteiger partial charge is 0.484 e. The first-order chi connectivity index (χ1) is 15.0. The van der Waals surface area contributed by atoms with Crippen molar-refractivity contribution in [2.75, 3.05) is 26.2 Å². The number of halogens is 1. The first-order valence-electron chi connectivity index (χ1n) is 10.8. The normalized spacial score (nSPS) is 18.8. The minimum Gasteiger partial charge on any atom is -0.484 e. The quantitative estimate of drug-likeness (QED) is 0.733. The highest BCUT2D eigenvalue weighted by Crippen LogP contribution is 2.30. The summed E-state index contributed by atoms with van der Waals surface area (Å²) in [5.41, 5.74) is 1.17. The molecule has 2 amide bonds. The molecule has 1 aromatic heterocycles. The van der Waals surface area contributed by atoms with Gasteiger partial charge in [-0.1, -0.05) is 0 Å². The van der Waals surface area contributed by atoms with E-state index >= 15 is 0 Å². The summed E-state index contributed by atoms with van der Waals surface area (Å²) in [4.78, 5) is 38.2. The second-order valence-electron chi connectivity index (χ2n) is 8.07. The standard InChI is InChI=1S/C23H27FN4O3/c1-16-19(23(30)27-11-3-2-4-12-27)14-25-22(26-16)20-6-5-13-28(20)21(29)15-31-18-9-7-17(24)8-10-18/h7-10,14,20H,2-6,11-13,15H2,1H3/t20-/m0/s1. The lowest BCUT2D eigenvalue weighted by atomic mass is 10.1. The first-order valence-corrected chi connectivity index (χ1v) is 10.8. The van der Waals surface area contributed by atoms with Gasteiger partial charge in [-0.05, 0) is 63.3 Å². The Morgan fingerprint density at radius 3 is 2.55 bits per heavy atom. The lowest BCUT2D eigenvalue weighted by Crippen LogP contribution is -2.37. The third-order valence-corrected chi connectivity index (χ3v) is 5.92. The molecule has 31 heavy (non-hydrogen) atoms. The average molecular weight is 426 g/mol. The molecule has 0 radical (unpaired) electrons. The molecule has 2 saturated heterocycles. The van der Waals surface area contributed by atoms with Crippen LogP contribution < -0.4 is 4.74 Å². The van der Waals surface area contributed by atoms with Gasteiger partial charge in [0.1, 0.15) is 11.6 Å². The van der Waals surface area contributed by atoms with E-state index in [1.165, 1.54) is 24.3 Å². The Bertz CT molecular complexity index is 944. The van der Waals surface area contributed by atoms with Gasteiger partial charge in [-0.15, -0.1) is 0 Å². The fourth-order valence-electron chi connectivity index (χ4n) is 4.22. The fourth-order valence-corrected chi connectivity index (χ4v) is 4.22. The first kappa shape index (κ1) is 21.2. The highest BCUT2D eigenvalue weighted by atomic mass is 19.1. The minimum absolute atomic E-state index is 0.0178. The number of rotatable bonds is 5. The van der Waals surface area contributed by atoms with Gasteiger partial charge in [0.05, 0.1) is 17.3 Å². The summed E-state index contributed by atoms with van der Waals surface area (Å²) < 4.78 is 18.5. The Morgan fingerprint density at radius 1 is 1.10 bits per heavy atom. The Morgan fingerprint density at radius 2 is 1.84 bits per heavy atom. The molecule has 4 rings (SSSR count). The molecular weight excluding hydrogens is 399 g/mol. The minimum atomic E-state index is -0.354. The smallest absolute Gasteiger partial charge is 0.261 e. The Balaban J connectivity index is 1.42. The van der Waals surface area contributed by atoms with Gasteiger partial charge in [-0.2, -0.15) is 0 Å². The van der Waals surface area contributed by atoms with Crippen molar-refractivity contribution in [3.63, 3.8) is 0 Å². The van der Waals surface area contributed by atoms with Crippen LogP contribution in [0.2, 0.25) is 0 Å². The maximum absolute atomic E-state index is 13.0. The molecule has 0 spiro atoms. The van der Waals surface area contributed by atoms with E-state index < -0.39 is 0 Å². The van der Waals surface area contributed by atoms with Gasteiger partial charge >= 0.3 is 0 Å². The van der Waals surface area contributed by atoms with Gasteiger partial charge in [0.15, 0.2) is 12.4 Å². The Kier molecular flexibility index (Phi) is 6.44. The number of carbonyl (C=O) groups excluding carboxylic acids is 2. The summed E-state index contributed by atoms with van der Waals surface area (Å²) in [6.45, 7) is 3.85. The van der Waals surface area contributed by atoms with Crippen LogP contribution in [-0.4, -0.2) is 57.8 Å². The van der Waals surface area contributed by atoms with E-state index in [4.69, 9.17) is 4.74 Å². The molecule has 3 heterocycles. The molecule has 1 aromatic carbocycles. The molecule has 164 valence electrons. The maximum Gasteiger partial charge on any atom is 0.261 e. The number of nitrogens with zero attached hydrogens (tertiary/aromatic N) is 4. The van der Waals surface area contributed by atoms with Crippen molar-refractivity contribution >= 4 is 11.8 Å². The third kappa shape index (κ3) is 4.84. The van der Waals surface area contributed by atoms with E-state index in [1.807, 2.05) is 11.8 Å². The van der Waals surface area contributed by atoms with Crippen LogP contribution in [-0.2, 0) is 4.79 Å². The molecule has 0 aliphatic carbocycles. The molecule has 8 heteroatoms. The zero-order valence-corrected chi connectivity index (χ0v) is 17.7. The second kappa shape index (κ2) is 9.41. The number of benzene rings is 1. The molecule has 0 bridgehead atoms. The van der Waals surface area contributed by atoms with Crippen LogP contribution in [0.4, 0.5) is 4.39 Å². The van der Waals surface area contributed by atoms with Gasteiger partial charge in [-0.3, -0.25) is 9.59 Å². The van der Waals surface area contributed by atoms with Crippen LogP contribution in [0.3, 0.4) is 0 Å². The molecule has 0 saturated carbocycles. The number of hydrogen-bond donors (Lipinski definition) is 0. The van der Waals surface area contributed by atoms with Gasteiger partial charge < -0.3 is 14.5 Å². The van der Waals surface area contributed by atoms with Crippen LogP contribution in [0.1, 0.15) is 60.0 Å². The topological polar surface area (TPSA) is 75.6 Å². The lowest BCUT2D eigenvalue weighted by molar-refractivity contribution is -0.134. The summed E-state index contributed by atoms with van der Waals surface area (Å²) in [5, 5.41) is 0. The molecule has 2 aliphatic heterocycles. The highest BCUT2D eigenvalue weighted by Gasteiger charge is 2.33. The summed E-state index contributed by atoms with van der Waals surface area (Å²) in [6.07, 6.45) is 6.44. The van der Waals surface area contributed by atoms with E-state index in [0.717, 1.165) is 45.2 Å². The van der Waals surface area contributed by atoms with Gasteiger partial charge in [0, 0.05) is 25.8 Å². The Labute approximate surface area is 181 Å². The van der Waals surface area contributed by atoms with Crippen LogP contribution in [0.15, 0.2) is 30.5 Å². The molecule has 2 aliphatic rings. The van der Waals surface area contributed by atoms with Crippen molar-refractivity contribution in [1.29, 1.82) is 0 Å². The van der Waals surface area contributed by atoms with E-state index in [1.54, 1.807) is 11.1 Å². The zero-order valence-electron chi connectivity index (χ0n) is 17.7. The highest BCUT2D eigenvalue weighted by molar-refractivity contribution is 5.95. The van der Waals surface area contributed by atoms with Gasteiger partial charge in [0.25, 0.3) is 11.8 Å². The molecule has 0 N–H and O–H groups in total. The van der Waals surface area contributed by atoms with Gasteiger partial charge in [-0.25, -0.2) is 14.4 Å². The number of aryl methyl sites for hydroxylation is 1. The van der Waals surface area contributed by atoms with Crippen LogP contribution in [0, 0.1) is 12.7 Å². The monoisotopic (exact) mass is 426 g/mol. The predicted octanol–water partition coefficient (Wildman–Crippen LogP) is 3.29. The van der Waals surface area contributed by atoms with Gasteiger partial charge in [0.2, 0.25) is 0 Å². The number of amides is 2. The molecule has 1 atom stereocenters. The van der Waals surface area contributed by atoms with Crippen molar-refractivity contribution in [3.05, 3.63) is 53.4 Å². The summed E-state index contributed by atoms with van der Waals surface area (Å²) in [7, 11) is 0. The molecular formula is C23H27FN4O3. The Hall–Kier alpha value is -3.03. The van der Waals surface area contributed by atoms with Crippen molar-refractivity contribution < 1.29 is 18.7 Å². The number of ether oxygens (including phenoxy) is 1. The average Bonchev–Trinajstić information content (AvgIpc) is 3.29. The van der Waals surface area contributed by atoms with Crippen molar-refractivity contribution in [3.8, 4) is 5.75 Å². The fraction of sp³-hybridized carbons (Fsp3) is 0.478. The maximum atomic E-state index is 13.0. The molecule has 2 aromatic rings. The molecule has 2 fully saturated rings. The number of piperidine rings is 1. The third-order valence-electron chi connectivity index (χ3n) is 5.92. The number of aromatic nitrogens is 2. The summed E-state index contributed by atoms with van der Waals surface area (Å²) in [5.74, 6) is 0.462. The summed E-state index contributed by atoms with van der Waals surface area (Å²) >= 11 is 0. The second-order valence-corrected chi connectivity index (χ2v) is 8.07. The molecule has 7 nitrogen and oxygen atoms in total. The SMILES string of the molecule is Cc1nc([C@@H]2CCCN2C(=O)COc2ccc(F)cc2)ncc1C(=O)N1CCCCC1. The van der Waals surface area contributed by atoms with E-state index in [9.17, 15) is 14.0 Å². The zero-order chi connectivity index (χ0) is 21.8.